The molecule has 0 radical (unpaired) electrons. The normalized spacial score (nSPS) is 13.1. The van der Waals surface area contributed by atoms with E-state index in [2.05, 4.69) is 243 Å². The van der Waals surface area contributed by atoms with Crippen LogP contribution in [-0.4, -0.2) is 13.4 Å². The van der Waals surface area contributed by atoms with Gasteiger partial charge in [-0.2, -0.15) is 0 Å². The molecule has 16 aromatic rings. The van der Waals surface area contributed by atoms with Crippen LogP contribution >= 0.6 is 0 Å². The molecule has 0 fully saturated rings. The first-order chi connectivity index (χ1) is 36.6. The van der Waals surface area contributed by atoms with Gasteiger partial charge in [-0.3, -0.25) is 0 Å². The molecule has 0 N–H and O–H groups in total. The minimum absolute atomic E-state index is 0.0538. The molecule has 334 valence electrons. The minimum Gasteiger partial charge on any atom is -0.0657 e. The molecule has 0 aliphatic carbocycles. The first-order valence-electron chi connectivity index (χ1n) is 26.2. The summed E-state index contributed by atoms with van der Waals surface area (Å²) in [6.07, 6.45) is 0. The van der Waals surface area contributed by atoms with Crippen LogP contribution in [-0.2, 0) is 0 Å². The highest BCUT2D eigenvalue weighted by Crippen LogP contribution is 2.39. The molecular weight excluding hydrogens is 886 g/mol. The van der Waals surface area contributed by atoms with Gasteiger partial charge in [-0.05, 0) is 214 Å². The Labute approximate surface area is 427 Å². The van der Waals surface area contributed by atoms with Gasteiger partial charge in [0, 0.05) is 0 Å². The monoisotopic (exact) mass is 926 g/mol. The van der Waals surface area contributed by atoms with E-state index in [9.17, 15) is 0 Å². The largest absolute Gasteiger partial charge is 0.243 e. The Hall–Kier alpha value is -9.23. The van der Waals surface area contributed by atoms with Crippen molar-refractivity contribution in [2.24, 2.45) is 0 Å². The third kappa shape index (κ3) is 5.39. The molecule has 2 aliphatic rings. The van der Waals surface area contributed by atoms with E-state index in [4.69, 9.17) is 0 Å². The smallest absolute Gasteiger partial charge is 0.0657 e. The van der Waals surface area contributed by atoms with Crippen molar-refractivity contribution in [1.29, 1.82) is 0 Å². The Kier molecular flexibility index (Phi) is 7.59. The van der Waals surface area contributed by atoms with Crippen molar-refractivity contribution in [2.75, 3.05) is 0 Å². The second kappa shape index (κ2) is 14.3. The standard InChI is InChI=1S/C72H40B2/c1-5-13-47-29-55-37-67-61(33-51(55)25-43(47)9-1)62-34-52-26-44-10-2-6-14-48(44)30-56(52)38-68(62)73(67)65-23-19-41-17-18-42-20-24-66(60-22-21-59(65)71(41)72(42)60)74-69-39-57-31-49-15-7-3-11-45(49)27-53(57)35-63(69)64-36-54-28-46-12-4-8-16-50(46)32-58(54)40-70(64)74/h1-40H. The molecule has 0 unspecified atom stereocenters. The van der Waals surface area contributed by atoms with Crippen LogP contribution in [0.1, 0.15) is 0 Å². The van der Waals surface area contributed by atoms with Gasteiger partial charge in [0.05, 0.1) is 0 Å². The third-order valence-electron chi connectivity index (χ3n) is 17.7. The average Bonchev–Trinajstić information content (AvgIpc) is 3.96. The van der Waals surface area contributed by atoms with Gasteiger partial charge in [-0.1, -0.05) is 203 Å². The molecule has 2 aliphatic heterocycles. The molecule has 0 atom stereocenters. The second-order valence-corrected chi connectivity index (χ2v) is 21.5. The van der Waals surface area contributed by atoms with Gasteiger partial charge in [0.15, 0.2) is 0 Å². The molecule has 2 heteroatoms. The molecule has 0 amide bonds. The predicted octanol–water partition coefficient (Wildman–Crippen LogP) is 14.8. The van der Waals surface area contributed by atoms with Crippen molar-refractivity contribution in [2.45, 2.75) is 0 Å². The van der Waals surface area contributed by atoms with E-state index in [1.54, 1.807) is 0 Å². The van der Waals surface area contributed by atoms with Crippen LogP contribution in [0.4, 0.5) is 0 Å². The SMILES string of the molecule is c1ccc2cc3cc4c(cc3cc2c1)B(c1ccc2ccc3ccc(B5c6cc7cc8ccccc8cc7cc6-c6cc7cc8ccccc8cc7cc65)c5ccc1c2c35)c1cc2cc3ccccc3cc2cc1-4. The van der Waals surface area contributed by atoms with Gasteiger partial charge in [0.25, 0.3) is 0 Å². The number of fused-ring (bicyclic) bond motifs is 14. The highest BCUT2D eigenvalue weighted by molar-refractivity contribution is 7.01. The van der Waals surface area contributed by atoms with Crippen LogP contribution in [0.5, 0.6) is 0 Å². The van der Waals surface area contributed by atoms with Crippen molar-refractivity contribution in [1.82, 2.24) is 0 Å². The Morgan fingerprint density at radius 3 is 0.649 bits per heavy atom. The van der Waals surface area contributed by atoms with Gasteiger partial charge >= 0.3 is 0 Å². The zero-order valence-corrected chi connectivity index (χ0v) is 40.2. The number of hydrogen-bond donors (Lipinski definition) is 0. The van der Waals surface area contributed by atoms with Crippen LogP contribution in [0, 0.1) is 0 Å². The van der Waals surface area contributed by atoms with Crippen LogP contribution < -0.4 is 32.8 Å². The summed E-state index contributed by atoms with van der Waals surface area (Å²) in [6.45, 7) is 0.108. The zero-order valence-electron chi connectivity index (χ0n) is 40.2. The summed E-state index contributed by atoms with van der Waals surface area (Å²) in [5, 5.41) is 28.5. The number of benzene rings is 16. The fourth-order valence-electron chi connectivity index (χ4n) is 14.3. The second-order valence-electron chi connectivity index (χ2n) is 21.5. The molecular formula is C72H40B2. The van der Waals surface area contributed by atoms with Crippen LogP contribution in [0.15, 0.2) is 243 Å². The Morgan fingerprint density at radius 2 is 0.392 bits per heavy atom. The van der Waals surface area contributed by atoms with E-state index in [1.807, 2.05) is 0 Å². The lowest BCUT2D eigenvalue weighted by Crippen LogP contribution is -2.49. The van der Waals surface area contributed by atoms with E-state index in [0.29, 0.717) is 0 Å². The lowest BCUT2D eigenvalue weighted by atomic mass is 9.37. The van der Waals surface area contributed by atoms with E-state index in [-0.39, 0.29) is 13.4 Å². The van der Waals surface area contributed by atoms with Gasteiger partial charge in [0.2, 0.25) is 13.4 Å². The van der Waals surface area contributed by atoms with E-state index in [0.717, 1.165) is 0 Å². The maximum atomic E-state index is 2.52. The lowest BCUT2D eigenvalue weighted by Gasteiger charge is -2.21. The molecule has 0 spiro atoms. The number of hydrogen-bond acceptors (Lipinski definition) is 0. The molecule has 0 saturated heterocycles. The van der Waals surface area contributed by atoms with Crippen LogP contribution in [0.3, 0.4) is 0 Å². The Balaban J connectivity index is 0.888. The first-order valence-corrected chi connectivity index (χ1v) is 26.2. The molecule has 74 heavy (non-hydrogen) atoms. The molecule has 0 saturated carbocycles. The van der Waals surface area contributed by atoms with Crippen LogP contribution in [0.2, 0.25) is 0 Å². The van der Waals surface area contributed by atoms with Crippen molar-refractivity contribution in [3.63, 3.8) is 0 Å². The highest BCUT2D eigenvalue weighted by Gasteiger charge is 2.38. The summed E-state index contributed by atoms with van der Waals surface area (Å²) < 4.78 is 0. The summed E-state index contributed by atoms with van der Waals surface area (Å²) in [6, 6.07) is 93.8. The average molecular weight is 927 g/mol. The summed E-state index contributed by atoms with van der Waals surface area (Å²) in [5.41, 5.74) is 13.7. The summed E-state index contributed by atoms with van der Waals surface area (Å²) in [7, 11) is 0. The molecule has 0 bridgehead atoms. The van der Waals surface area contributed by atoms with Gasteiger partial charge < -0.3 is 0 Å². The highest BCUT2D eigenvalue weighted by atomic mass is 14.3. The predicted molar refractivity (Wildman–Crippen MR) is 323 cm³/mol. The summed E-state index contributed by atoms with van der Waals surface area (Å²) in [4.78, 5) is 0. The van der Waals surface area contributed by atoms with Crippen molar-refractivity contribution in [3.05, 3.63) is 243 Å². The van der Waals surface area contributed by atoms with Gasteiger partial charge in [-0.15, -0.1) is 0 Å². The van der Waals surface area contributed by atoms with E-state index < -0.39 is 0 Å². The summed E-state index contributed by atoms with van der Waals surface area (Å²) in [5.74, 6) is 0. The van der Waals surface area contributed by atoms with Gasteiger partial charge in [-0.25, -0.2) is 0 Å². The maximum Gasteiger partial charge on any atom is 0.243 e. The summed E-state index contributed by atoms with van der Waals surface area (Å²) >= 11 is 0. The van der Waals surface area contributed by atoms with E-state index in [1.165, 1.54) is 174 Å². The lowest BCUT2D eigenvalue weighted by molar-refractivity contribution is 1.76. The minimum atomic E-state index is 0.0538. The molecule has 2 heterocycles. The maximum absolute atomic E-state index is 2.52. The Bertz CT molecular complexity index is 4640. The van der Waals surface area contributed by atoms with Crippen molar-refractivity contribution >= 4 is 165 Å². The zero-order chi connectivity index (χ0) is 47.9. The fourth-order valence-corrected chi connectivity index (χ4v) is 14.3. The molecule has 16 aromatic carbocycles. The van der Waals surface area contributed by atoms with Crippen molar-refractivity contribution in [3.8, 4) is 22.3 Å². The first kappa shape index (κ1) is 39.4. The molecule has 0 nitrogen and oxygen atoms in total. The van der Waals surface area contributed by atoms with Crippen molar-refractivity contribution < 1.29 is 0 Å². The van der Waals surface area contributed by atoms with Crippen LogP contribution in [0.25, 0.3) is 141 Å². The third-order valence-corrected chi connectivity index (χ3v) is 17.7. The molecule has 18 rings (SSSR count). The fraction of sp³-hybridized carbons (Fsp3) is 0. The topological polar surface area (TPSA) is 0 Å². The Morgan fingerprint density at radius 1 is 0.162 bits per heavy atom. The molecule has 0 aromatic heterocycles. The van der Waals surface area contributed by atoms with E-state index >= 15 is 0 Å². The number of rotatable bonds is 2. The van der Waals surface area contributed by atoms with Gasteiger partial charge in [0.1, 0.15) is 0 Å². The quantitative estimate of drug-likeness (QED) is 0.0921.